The molecule has 20 heavy (non-hydrogen) atoms. The van der Waals surface area contributed by atoms with E-state index in [1.54, 1.807) is 23.5 Å². The number of pyridine rings is 1. The van der Waals surface area contributed by atoms with E-state index >= 15 is 0 Å². The number of carbonyl (C=O) groups is 1. The number of carbonyl (C=O) groups excluding carboxylic acids is 1. The van der Waals surface area contributed by atoms with Gasteiger partial charge in [-0.15, -0.1) is 0 Å². The SMILES string of the molecule is O=C(On1ccnc1-c1ccccn1)N1CCCCC1. The Morgan fingerprint density at radius 2 is 1.95 bits per heavy atom. The van der Waals surface area contributed by atoms with Crippen molar-refractivity contribution in [2.45, 2.75) is 19.3 Å². The molecule has 3 heterocycles. The number of imidazole rings is 1. The largest absolute Gasteiger partial charge is 0.434 e. The minimum Gasteiger partial charge on any atom is -0.315 e. The molecular formula is C14H16N4O2. The highest BCUT2D eigenvalue weighted by Gasteiger charge is 2.20. The van der Waals surface area contributed by atoms with Gasteiger partial charge in [0, 0.05) is 25.5 Å². The highest BCUT2D eigenvalue weighted by molar-refractivity contribution is 5.68. The molecular weight excluding hydrogens is 256 g/mol. The van der Waals surface area contributed by atoms with Gasteiger partial charge in [-0.2, -0.15) is 4.73 Å². The van der Waals surface area contributed by atoms with Crippen molar-refractivity contribution in [2.24, 2.45) is 0 Å². The molecule has 1 aliphatic heterocycles. The van der Waals surface area contributed by atoms with Crippen molar-refractivity contribution in [3.63, 3.8) is 0 Å². The minimum absolute atomic E-state index is 0.333. The van der Waals surface area contributed by atoms with Gasteiger partial charge in [0.2, 0.25) is 0 Å². The van der Waals surface area contributed by atoms with E-state index in [1.165, 1.54) is 11.2 Å². The molecule has 0 saturated carbocycles. The normalized spacial score (nSPS) is 15.1. The first-order chi connectivity index (χ1) is 9.84. The van der Waals surface area contributed by atoms with E-state index in [2.05, 4.69) is 9.97 Å². The van der Waals surface area contributed by atoms with Crippen molar-refractivity contribution >= 4 is 6.09 Å². The third kappa shape index (κ3) is 2.64. The molecule has 6 heteroatoms. The molecule has 0 unspecified atom stereocenters. The summed E-state index contributed by atoms with van der Waals surface area (Å²) in [4.78, 5) is 27.6. The molecule has 1 aliphatic rings. The first kappa shape index (κ1) is 12.7. The number of rotatable bonds is 2. The molecule has 0 aliphatic carbocycles. The van der Waals surface area contributed by atoms with Crippen molar-refractivity contribution in [3.8, 4) is 11.5 Å². The van der Waals surface area contributed by atoms with Crippen LogP contribution in [-0.2, 0) is 0 Å². The van der Waals surface area contributed by atoms with Crippen LogP contribution in [0.4, 0.5) is 4.79 Å². The molecule has 0 aromatic carbocycles. The van der Waals surface area contributed by atoms with Crippen molar-refractivity contribution in [1.82, 2.24) is 19.6 Å². The van der Waals surface area contributed by atoms with Crippen LogP contribution in [0, 0.1) is 0 Å². The number of nitrogens with zero attached hydrogens (tertiary/aromatic N) is 4. The van der Waals surface area contributed by atoms with E-state index in [9.17, 15) is 4.79 Å². The van der Waals surface area contributed by atoms with Gasteiger partial charge >= 0.3 is 6.09 Å². The van der Waals surface area contributed by atoms with E-state index in [0.29, 0.717) is 11.5 Å². The average Bonchev–Trinajstić information content (AvgIpc) is 2.97. The summed E-state index contributed by atoms with van der Waals surface area (Å²) in [6.07, 6.45) is 7.80. The van der Waals surface area contributed by atoms with Crippen molar-refractivity contribution in [2.75, 3.05) is 13.1 Å². The van der Waals surface area contributed by atoms with Crippen molar-refractivity contribution in [3.05, 3.63) is 36.8 Å². The molecule has 104 valence electrons. The van der Waals surface area contributed by atoms with Crippen molar-refractivity contribution < 1.29 is 9.63 Å². The van der Waals surface area contributed by atoms with Crippen LogP contribution in [0.2, 0.25) is 0 Å². The Labute approximate surface area is 117 Å². The molecule has 2 aromatic rings. The zero-order valence-electron chi connectivity index (χ0n) is 11.1. The molecule has 2 aromatic heterocycles. The third-order valence-corrected chi connectivity index (χ3v) is 3.29. The van der Waals surface area contributed by atoms with Crippen LogP contribution in [0.25, 0.3) is 11.5 Å². The molecule has 0 N–H and O–H groups in total. The molecule has 0 atom stereocenters. The van der Waals surface area contributed by atoms with Crippen LogP contribution in [0.15, 0.2) is 36.8 Å². The number of likely N-dealkylation sites (tertiary alicyclic amines) is 1. The Morgan fingerprint density at radius 3 is 2.70 bits per heavy atom. The fraction of sp³-hybridized carbons (Fsp3) is 0.357. The smallest absolute Gasteiger partial charge is 0.315 e. The second-order valence-electron chi connectivity index (χ2n) is 4.70. The van der Waals surface area contributed by atoms with Crippen LogP contribution in [0.1, 0.15) is 19.3 Å². The number of aromatic nitrogens is 3. The molecule has 6 nitrogen and oxygen atoms in total. The number of piperidine rings is 1. The second kappa shape index (κ2) is 5.73. The molecule has 0 bridgehead atoms. The maximum absolute atomic E-state index is 12.1. The Morgan fingerprint density at radius 1 is 1.10 bits per heavy atom. The molecule has 1 amide bonds. The summed E-state index contributed by atoms with van der Waals surface area (Å²) in [6.45, 7) is 1.51. The lowest BCUT2D eigenvalue weighted by Gasteiger charge is -2.25. The quantitative estimate of drug-likeness (QED) is 0.838. The van der Waals surface area contributed by atoms with Gasteiger partial charge in [0.25, 0.3) is 0 Å². The summed E-state index contributed by atoms with van der Waals surface area (Å²) >= 11 is 0. The molecule has 3 rings (SSSR count). The van der Waals surface area contributed by atoms with Gasteiger partial charge in [0.1, 0.15) is 5.69 Å². The van der Waals surface area contributed by atoms with Crippen LogP contribution in [-0.4, -0.2) is 38.8 Å². The van der Waals surface area contributed by atoms with Gasteiger partial charge in [-0.3, -0.25) is 4.98 Å². The lowest BCUT2D eigenvalue weighted by molar-refractivity contribution is 0.0873. The topological polar surface area (TPSA) is 60.3 Å². The van der Waals surface area contributed by atoms with Crippen LogP contribution in [0.3, 0.4) is 0 Å². The summed E-state index contributed by atoms with van der Waals surface area (Å²) in [6, 6.07) is 5.53. The molecule has 0 radical (unpaired) electrons. The lowest BCUT2D eigenvalue weighted by Crippen LogP contribution is -2.40. The van der Waals surface area contributed by atoms with Gasteiger partial charge < -0.3 is 9.74 Å². The van der Waals surface area contributed by atoms with Gasteiger partial charge in [-0.05, 0) is 31.4 Å². The Balaban J connectivity index is 1.75. The van der Waals surface area contributed by atoms with E-state index in [0.717, 1.165) is 25.9 Å². The van der Waals surface area contributed by atoms with E-state index < -0.39 is 0 Å². The Bertz CT molecular complexity index is 576. The molecule has 0 spiro atoms. The van der Waals surface area contributed by atoms with Gasteiger partial charge in [-0.1, -0.05) is 6.07 Å². The van der Waals surface area contributed by atoms with Crippen LogP contribution in [0.5, 0.6) is 0 Å². The molecule has 1 fully saturated rings. The fourth-order valence-corrected chi connectivity index (χ4v) is 2.26. The summed E-state index contributed by atoms with van der Waals surface area (Å²) < 4.78 is 1.37. The standard InChI is InChI=1S/C14H16N4O2/c19-14(17-9-4-1-5-10-17)20-18-11-8-16-13(18)12-6-2-3-7-15-12/h2-3,6-8,11H,1,4-5,9-10H2. The van der Waals surface area contributed by atoms with Crippen molar-refractivity contribution in [1.29, 1.82) is 0 Å². The van der Waals surface area contributed by atoms with E-state index in [4.69, 9.17) is 4.84 Å². The van der Waals surface area contributed by atoms with E-state index in [-0.39, 0.29) is 6.09 Å². The first-order valence-electron chi connectivity index (χ1n) is 6.76. The predicted molar refractivity (Wildman–Crippen MR) is 72.9 cm³/mol. The highest BCUT2D eigenvalue weighted by atomic mass is 16.7. The maximum atomic E-state index is 12.1. The first-order valence-corrected chi connectivity index (χ1v) is 6.76. The van der Waals surface area contributed by atoms with Gasteiger partial charge in [-0.25, -0.2) is 9.78 Å². The predicted octanol–water partition coefficient (Wildman–Crippen LogP) is 1.98. The fourth-order valence-electron chi connectivity index (χ4n) is 2.26. The zero-order valence-corrected chi connectivity index (χ0v) is 11.1. The number of hydrogen-bond acceptors (Lipinski definition) is 4. The summed E-state index contributed by atoms with van der Waals surface area (Å²) in [5, 5.41) is 0. The highest BCUT2D eigenvalue weighted by Crippen LogP contribution is 2.14. The zero-order chi connectivity index (χ0) is 13.8. The van der Waals surface area contributed by atoms with Crippen LogP contribution < -0.4 is 4.84 Å². The monoisotopic (exact) mass is 272 g/mol. The number of hydrogen-bond donors (Lipinski definition) is 0. The second-order valence-corrected chi connectivity index (χ2v) is 4.70. The third-order valence-electron chi connectivity index (χ3n) is 3.29. The number of amides is 1. The summed E-state index contributed by atoms with van der Waals surface area (Å²) in [5.74, 6) is 0.524. The Kier molecular flexibility index (Phi) is 3.62. The average molecular weight is 272 g/mol. The summed E-state index contributed by atoms with van der Waals surface area (Å²) in [7, 11) is 0. The maximum Gasteiger partial charge on any atom is 0.434 e. The lowest BCUT2D eigenvalue weighted by atomic mass is 10.1. The van der Waals surface area contributed by atoms with Gasteiger partial charge in [0.05, 0.1) is 6.20 Å². The van der Waals surface area contributed by atoms with E-state index in [1.807, 2.05) is 18.2 Å². The molecule has 1 saturated heterocycles. The Hall–Kier alpha value is -2.37. The van der Waals surface area contributed by atoms with Crippen LogP contribution >= 0.6 is 0 Å². The summed E-state index contributed by atoms with van der Waals surface area (Å²) in [5.41, 5.74) is 0.670. The minimum atomic E-state index is -0.333. The van der Waals surface area contributed by atoms with Gasteiger partial charge in [0.15, 0.2) is 5.82 Å².